The van der Waals surface area contributed by atoms with E-state index in [1.165, 1.54) is 24.8 Å². The van der Waals surface area contributed by atoms with Crippen LogP contribution in [-0.4, -0.2) is 28.1 Å². The molecular formula is C25H39F3O2. The van der Waals surface area contributed by atoms with E-state index in [1.807, 2.05) is 6.92 Å². The predicted octanol–water partition coefficient (Wildman–Crippen LogP) is 6.41. The number of halogens is 3. The van der Waals surface area contributed by atoms with Gasteiger partial charge in [0.1, 0.15) is 6.10 Å². The van der Waals surface area contributed by atoms with Gasteiger partial charge in [-0.3, -0.25) is 0 Å². The lowest BCUT2D eigenvalue weighted by Gasteiger charge is -2.59. The van der Waals surface area contributed by atoms with E-state index in [9.17, 15) is 23.4 Å². The molecule has 4 aliphatic rings. The Bertz CT molecular complexity index is 684. The Balaban J connectivity index is 1.44. The molecular weight excluding hydrogens is 389 g/mol. The van der Waals surface area contributed by atoms with Crippen LogP contribution in [0.1, 0.15) is 91.4 Å². The van der Waals surface area contributed by atoms with E-state index in [4.69, 9.17) is 0 Å². The van der Waals surface area contributed by atoms with E-state index in [0.717, 1.165) is 38.5 Å². The van der Waals surface area contributed by atoms with Crippen molar-refractivity contribution in [2.24, 2.45) is 34.5 Å². The molecule has 0 radical (unpaired) electrons. The molecule has 0 saturated heterocycles. The first kappa shape index (κ1) is 22.6. The monoisotopic (exact) mass is 428 g/mol. The Hall–Kier alpha value is -0.550. The SMILES string of the molecule is C[C@]1(O)CC[C@@]2(C)C(=CC[C@@H]3C2CC[C@@]2(C)C3CC[C@@H]2CCC[C@@H](O)C(F)(F)F)C1. The first-order valence-electron chi connectivity index (χ1n) is 12.0. The maximum absolute atomic E-state index is 12.6. The van der Waals surface area contributed by atoms with Crippen LogP contribution in [0.5, 0.6) is 0 Å². The number of alkyl halides is 3. The Kier molecular flexibility index (Phi) is 5.66. The van der Waals surface area contributed by atoms with Gasteiger partial charge in [-0.15, -0.1) is 0 Å². The molecule has 0 aromatic heterocycles. The Morgan fingerprint density at radius 1 is 1.07 bits per heavy atom. The van der Waals surface area contributed by atoms with Gasteiger partial charge in [-0.05, 0) is 106 Å². The summed E-state index contributed by atoms with van der Waals surface area (Å²) in [7, 11) is 0. The van der Waals surface area contributed by atoms with Crippen molar-refractivity contribution in [1.29, 1.82) is 0 Å². The molecule has 0 aliphatic heterocycles. The zero-order chi connectivity index (χ0) is 21.9. The fourth-order valence-corrected chi connectivity index (χ4v) is 8.11. The van der Waals surface area contributed by atoms with Crippen molar-refractivity contribution in [2.45, 2.75) is 109 Å². The molecule has 0 bridgehead atoms. The highest BCUT2D eigenvalue weighted by Gasteiger charge is 2.58. The van der Waals surface area contributed by atoms with Crippen molar-refractivity contribution in [2.75, 3.05) is 0 Å². The standard InChI is InChI=1S/C25H39F3O2/c1-22(30)13-14-24(3)17(15-22)7-9-18-19-10-8-16(23(19,2)12-11-20(18)24)5-4-6-21(29)25(26,27)28/h7,16,18-21,29-30H,4-6,8-15H2,1-3H3/t16-,18-,19?,20?,21+,22-,23+,24-/m0/s1. The molecule has 2 unspecified atom stereocenters. The summed E-state index contributed by atoms with van der Waals surface area (Å²) in [5, 5.41) is 19.9. The van der Waals surface area contributed by atoms with E-state index in [-0.39, 0.29) is 17.3 Å². The van der Waals surface area contributed by atoms with Crippen molar-refractivity contribution < 1.29 is 23.4 Å². The van der Waals surface area contributed by atoms with E-state index in [1.54, 1.807) is 0 Å². The first-order valence-corrected chi connectivity index (χ1v) is 12.0. The van der Waals surface area contributed by atoms with E-state index < -0.39 is 17.9 Å². The van der Waals surface area contributed by atoms with Gasteiger partial charge in [0.25, 0.3) is 0 Å². The summed E-state index contributed by atoms with van der Waals surface area (Å²) in [6.07, 6.45) is 5.39. The molecule has 5 heteroatoms. The van der Waals surface area contributed by atoms with Gasteiger partial charge < -0.3 is 10.2 Å². The topological polar surface area (TPSA) is 40.5 Å². The van der Waals surface area contributed by atoms with E-state index in [2.05, 4.69) is 19.9 Å². The van der Waals surface area contributed by atoms with Gasteiger partial charge >= 0.3 is 6.18 Å². The van der Waals surface area contributed by atoms with Crippen molar-refractivity contribution in [3.63, 3.8) is 0 Å². The summed E-state index contributed by atoms with van der Waals surface area (Å²) in [6, 6.07) is 0. The third-order valence-corrected chi connectivity index (χ3v) is 9.98. The average molecular weight is 429 g/mol. The zero-order valence-electron chi connectivity index (χ0n) is 18.8. The minimum absolute atomic E-state index is 0.170. The van der Waals surface area contributed by atoms with E-state index in [0.29, 0.717) is 30.1 Å². The number of rotatable bonds is 4. The van der Waals surface area contributed by atoms with Crippen LogP contribution in [0, 0.1) is 34.5 Å². The highest BCUT2D eigenvalue weighted by Crippen LogP contribution is 2.67. The summed E-state index contributed by atoms with van der Waals surface area (Å²) < 4.78 is 37.9. The van der Waals surface area contributed by atoms with Crippen LogP contribution < -0.4 is 0 Å². The lowest BCUT2D eigenvalue weighted by Crippen LogP contribution is -2.51. The van der Waals surface area contributed by atoms with E-state index >= 15 is 0 Å². The maximum Gasteiger partial charge on any atom is 0.414 e. The van der Waals surface area contributed by atoms with Crippen LogP contribution in [0.25, 0.3) is 0 Å². The number of fused-ring (bicyclic) bond motifs is 5. The highest BCUT2D eigenvalue weighted by molar-refractivity contribution is 5.26. The minimum atomic E-state index is -4.49. The molecule has 2 nitrogen and oxygen atoms in total. The van der Waals surface area contributed by atoms with Crippen molar-refractivity contribution in [1.82, 2.24) is 0 Å². The highest BCUT2D eigenvalue weighted by atomic mass is 19.4. The normalized spacial score (nSPS) is 47.1. The van der Waals surface area contributed by atoms with Gasteiger partial charge in [0.2, 0.25) is 0 Å². The number of hydrogen-bond donors (Lipinski definition) is 2. The molecule has 3 fully saturated rings. The molecule has 4 aliphatic carbocycles. The summed E-state index contributed by atoms with van der Waals surface area (Å²) in [4.78, 5) is 0. The van der Waals surface area contributed by atoms with Gasteiger partial charge in [-0.25, -0.2) is 0 Å². The average Bonchev–Trinajstić information content (AvgIpc) is 2.98. The Morgan fingerprint density at radius 2 is 1.80 bits per heavy atom. The molecule has 0 heterocycles. The molecule has 172 valence electrons. The minimum Gasteiger partial charge on any atom is -0.390 e. The zero-order valence-corrected chi connectivity index (χ0v) is 18.8. The van der Waals surface area contributed by atoms with Crippen LogP contribution in [0.15, 0.2) is 11.6 Å². The smallest absolute Gasteiger partial charge is 0.390 e. The summed E-state index contributed by atoms with van der Waals surface area (Å²) in [6.45, 7) is 6.80. The van der Waals surface area contributed by atoms with Crippen LogP contribution in [-0.2, 0) is 0 Å². The van der Waals surface area contributed by atoms with Gasteiger partial charge in [0, 0.05) is 0 Å². The summed E-state index contributed by atoms with van der Waals surface area (Å²) in [5.41, 5.74) is 1.34. The molecule has 8 atom stereocenters. The van der Waals surface area contributed by atoms with Crippen LogP contribution in [0.2, 0.25) is 0 Å². The molecule has 4 rings (SSSR count). The van der Waals surface area contributed by atoms with Gasteiger partial charge in [-0.1, -0.05) is 31.9 Å². The Labute approximate surface area is 179 Å². The molecule has 0 spiro atoms. The second-order valence-electron chi connectivity index (χ2n) is 11.7. The molecule has 0 aromatic rings. The van der Waals surface area contributed by atoms with Crippen LogP contribution >= 0.6 is 0 Å². The summed E-state index contributed by atoms with van der Waals surface area (Å²) in [5.74, 6) is 2.49. The van der Waals surface area contributed by atoms with Gasteiger partial charge in [0.05, 0.1) is 5.60 Å². The second kappa shape index (κ2) is 7.50. The number of aliphatic hydroxyl groups is 2. The lowest BCUT2D eigenvalue weighted by atomic mass is 9.46. The largest absolute Gasteiger partial charge is 0.414 e. The fraction of sp³-hybridized carbons (Fsp3) is 0.920. The number of allylic oxidation sites excluding steroid dienone is 1. The number of aliphatic hydroxyl groups excluding tert-OH is 1. The predicted molar refractivity (Wildman–Crippen MR) is 112 cm³/mol. The number of hydrogen-bond acceptors (Lipinski definition) is 2. The van der Waals surface area contributed by atoms with Crippen molar-refractivity contribution in [3.8, 4) is 0 Å². The maximum atomic E-state index is 12.6. The van der Waals surface area contributed by atoms with Crippen LogP contribution in [0.4, 0.5) is 13.2 Å². The fourth-order valence-electron chi connectivity index (χ4n) is 8.11. The molecule has 30 heavy (non-hydrogen) atoms. The third kappa shape index (κ3) is 3.76. The molecule has 3 saturated carbocycles. The lowest BCUT2D eigenvalue weighted by molar-refractivity contribution is -0.205. The quantitative estimate of drug-likeness (QED) is 0.508. The van der Waals surface area contributed by atoms with Gasteiger partial charge in [0.15, 0.2) is 0 Å². The van der Waals surface area contributed by atoms with Crippen LogP contribution in [0.3, 0.4) is 0 Å². The van der Waals surface area contributed by atoms with Crippen molar-refractivity contribution >= 4 is 0 Å². The summed E-state index contributed by atoms with van der Waals surface area (Å²) >= 11 is 0. The molecule has 0 amide bonds. The Morgan fingerprint density at radius 3 is 2.50 bits per heavy atom. The molecule has 2 N–H and O–H groups in total. The molecule has 0 aromatic carbocycles. The van der Waals surface area contributed by atoms with Crippen molar-refractivity contribution in [3.05, 3.63) is 11.6 Å². The second-order valence-corrected chi connectivity index (χ2v) is 11.7. The third-order valence-electron chi connectivity index (χ3n) is 9.98. The van der Waals surface area contributed by atoms with Gasteiger partial charge in [-0.2, -0.15) is 13.2 Å². The first-order chi connectivity index (χ1) is 13.9.